The lowest BCUT2D eigenvalue weighted by Crippen LogP contribution is -2.30. The van der Waals surface area contributed by atoms with Crippen LogP contribution in [0.4, 0.5) is 5.69 Å². The molecule has 2 aliphatic rings. The van der Waals surface area contributed by atoms with Crippen LogP contribution in [0.5, 0.6) is 0 Å². The van der Waals surface area contributed by atoms with E-state index in [-0.39, 0.29) is 0 Å². The second-order valence-electron chi connectivity index (χ2n) is 3.22. The molecule has 0 aliphatic carbocycles. The molecule has 0 fully saturated rings. The van der Waals surface area contributed by atoms with Crippen LogP contribution in [0.25, 0.3) is 0 Å². The molecule has 0 saturated carbocycles. The van der Waals surface area contributed by atoms with E-state index in [0.29, 0.717) is 0 Å². The van der Waals surface area contributed by atoms with Gasteiger partial charge in [-0.2, -0.15) is 0 Å². The van der Waals surface area contributed by atoms with Crippen molar-refractivity contribution in [1.29, 1.82) is 0 Å². The summed E-state index contributed by atoms with van der Waals surface area (Å²) < 4.78 is 0. The Morgan fingerprint density at radius 3 is 3.14 bits per heavy atom. The fourth-order valence-electron chi connectivity index (χ4n) is 1.67. The lowest BCUT2D eigenvalue weighted by Gasteiger charge is -2.24. The number of hydrogen-bond acceptors (Lipinski definition) is 3. The number of nitrogens with zero attached hydrogens (tertiary/aromatic N) is 3. The van der Waals surface area contributed by atoms with Crippen molar-refractivity contribution in [3.05, 3.63) is 42.1 Å². The number of hydrogen-bond donors (Lipinski definition) is 0. The molecule has 68 valence electrons. The van der Waals surface area contributed by atoms with Crippen molar-refractivity contribution in [2.75, 3.05) is 6.54 Å². The van der Waals surface area contributed by atoms with Crippen LogP contribution in [0.15, 0.2) is 46.5 Å². The van der Waals surface area contributed by atoms with E-state index in [2.05, 4.69) is 16.1 Å². The first-order valence-electron chi connectivity index (χ1n) is 4.58. The Morgan fingerprint density at radius 2 is 2.14 bits per heavy atom. The first-order valence-corrected chi connectivity index (χ1v) is 4.58. The molecule has 0 N–H and O–H groups in total. The van der Waals surface area contributed by atoms with Gasteiger partial charge in [-0.15, -0.1) is 0 Å². The summed E-state index contributed by atoms with van der Waals surface area (Å²) in [7, 11) is 0. The Balaban J connectivity index is 2.20. The fourth-order valence-corrected chi connectivity index (χ4v) is 1.67. The molecule has 2 heterocycles. The molecule has 0 radical (unpaired) electrons. The molecular weight excluding hydrogens is 174 g/mol. The molecule has 0 bridgehead atoms. The standard InChI is InChI=1S/C11H9N3/c1-2-5-10-9(4-1)11-12-6-3-7-14(11)8-13-10/h1-5,7-8H,6H2. The van der Waals surface area contributed by atoms with Crippen LogP contribution in [0.2, 0.25) is 0 Å². The summed E-state index contributed by atoms with van der Waals surface area (Å²) in [4.78, 5) is 10.8. The molecule has 0 saturated heterocycles. The van der Waals surface area contributed by atoms with Crippen molar-refractivity contribution in [3.63, 3.8) is 0 Å². The van der Waals surface area contributed by atoms with Gasteiger partial charge >= 0.3 is 0 Å². The first-order chi connectivity index (χ1) is 6.95. The third-order valence-electron chi connectivity index (χ3n) is 2.32. The Kier molecular flexibility index (Phi) is 1.50. The van der Waals surface area contributed by atoms with Gasteiger partial charge in [0.2, 0.25) is 0 Å². The largest absolute Gasteiger partial charge is 0.292 e. The van der Waals surface area contributed by atoms with Crippen molar-refractivity contribution >= 4 is 17.9 Å². The number of rotatable bonds is 0. The summed E-state index contributed by atoms with van der Waals surface area (Å²) >= 11 is 0. The highest BCUT2D eigenvalue weighted by Crippen LogP contribution is 2.25. The predicted octanol–water partition coefficient (Wildman–Crippen LogP) is 1.94. The van der Waals surface area contributed by atoms with Crippen molar-refractivity contribution in [1.82, 2.24) is 4.90 Å². The lowest BCUT2D eigenvalue weighted by atomic mass is 10.1. The van der Waals surface area contributed by atoms with Crippen LogP contribution < -0.4 is 0 Å². The van der Waals surface area contributed by atoms with Gasteiger partial charge in [-0.05, 0) is 18.2 Å². The first kappa shape index (κ1) is 7.50. The van der Waals surface area contributed by atoms with Gasteiger partial charge in [0.05, 0.1) is 12.2 Å². The molecule has 3 nitrogen and oxygen atoms in total. The van der Waals surface area contributed by atoms with E-state index in [1.807, 2.05) is 35.4 Å². The minimum Gasteiger partial charge on any atom is -0.292 e. The topological polar surface area (TPSA) is 28.0 Å². The van der Waals surface area contributed by atoms with Crippen LogP contribution in [-0.4, -0.2) is 23.6 Å². The molecule has 3 rings (SSSR count). The molecule has 0 unspecified atom stereocenters. The SMILES string of the molecule is C1=CN2C=Nc3ccccc3C2=NC1. The highest BCUT2D eigenvalue weighted by Gasteiger charge is 2.18. The summed E-state index contributed by atoms with van der Waals surface area (Å²) in [5.41, 5.74) is 2.11. The van der Waals surface area contributed by atoms with Crippen LogP contribution in [0, 0.1) is 0 Å². The molecule has 1 aromatic carbocycles. The van der Waals surface area contributed by atoms with E-state index in [1.54, 1.807) is 6.34 Å². The molecule has 1 aromatic rings. The molecule has 3 heteroatoms. The molecule has 14 heavy (non-hydrogen) atoms. The van der Waals surface area contributed by atoms with Crippen molar-refractivity contribution in [3.8, 4) is 0 Å². The van der Waals surface area contributed by atoms with Gasteiger partial charge in [0.25, 0.3) is 0 Å². The zero-order valence-corrected chi connectivity index (χ0v) is 7.59. The van der Waals surface area contributed by atoms with Crippen LogP contribution in [0.3, 0.4) is 0 Å². The molecule has 0 spiro atoms. The van der Waals surface area contributed by atoms with E-state index in [1.165, 1.54) is 0 Å². The van der Waals surface area contributed by atoms with E-state index < -0.39 is 0 Å². The summed E-state index contributed by atoms with van der Waals surface area (Å²) in [5.74, 6) is 0.998. The third-order valence-corrected chi connectivity index (χ3v) is 2.32. The molecule has 0 aromatic heterocycles. The van der Waals surface area contributed by atoms with Gasteiger partial charge < -0.3 is 0 Å². The third kappa shape index (κ3) is 0.988. The van der Waals surface area contributed by atoms with E-state index in [9.17, 15) is 0 Å². The lowest BCUT2D eigenvalue weighted by molar-refractivity contribution is 0.811. The van der Waals surface area contributed by atoms with Gasteiger partial charge in [0, 0.05) is 11.8 Å². The normalized spacial score (nSPS) is 17.4. The van der Waals surface area contributed by atoms with Gasteiger partial charge in [-0.25, -0.2) is 4.99 Å². The predicted molar refractivity (Wildman–Crippen MR) is 57.0 cm³/mol. The second kappa shape index (κ2) is 2.80. The number of amidine groups is 1. The molecule has 0 amide bonds. The summed E-state index contributed by atoms with van der Waals surface area (Å²) in [5, 5.41) is 0. The average Bonchev–Trinajstić information content (AvgIpc) is 2.29. The summed E-state index contributed by atoms with van der Waals surface area (Å²) in [6, 6.07) is 8.06. The van der Waals surface area contributed by atoms with Crippen LogP contribution in [-0.2, 0) is 0 Å². The molecule has 2 aliphatic heterocycles. The van der Waals surface area contributed by atoms with Crippen molar-refractivity contribution in [2.24, 2.45) is 9.98 Å². The maximum Gasteiger partial charge on any atom is 0.142 e. The molecule has 0 atom stereocenters. The monoisotopic (exact) mass is 183 g/mol. The Labute approximate surface area is 82.1 Å². The van der Waals surface area contributed by atoms with Gasteiger partial charge in [0.1, 0.15) is 12.2 Å². The number of para-hydroxylation sites is 1. The smallest absolute Gasteiger partial charge is 0.142 e. The van der Waals surface area contributed by atoms with E-state index >= 15 is 0 Å². The van der Waals surface area contributed by atoms with Gasteiger partial charge in [0.15, 0.2) is 0 Å². The Bertz CT molecular complexity index is 457. The highest BCUT2D eigenvalue weighted by atomic mass is 15.2. The van der Waals surface area contributed by atoms with Gasteiger partial charge in [-0.1, -0.05) is 12.1 Å². The van der Waals surface area contributed by atoms with Gasteiger partial charge in [-0.3, -0.25) is 9.89 Å². The molecular formula is C11H9N3. The maximum atomic E-state index is 4.46. The minimum absolute atomic E-state index is 0.758. The maximum absolute atomic E-state index is 4.46. The number of benzene rings is 1. The summed E-state index contributed by atoms with van der Waals surface area (Å²) in [6.45, 7) is 0.758. The average molecular weight is 183 g/mol. The van der Waals surface area contributed by atoms with Crippen LogP contribution >= 0.6 is 0 Å². The fraction of sp³-hybridized carbons (Fsp3) is 0.0909. The summed E-state index contributed by atoms with van der Waals surface area (Å²) in [6.07, 6.45) is 5.82. The Morgan fingerprint density at radius 1 is 1.21 bits per heavy atom. The number of fused-ring (bicyclic) bond motifs is 3. The zero-order valence-electron chi connectivity index (χ0n) is 7.59. The quantitative estimate of drug-likeness (QED) is 0.604. The van der Waals surface area contributed by atoms with Crippen molar-refractivity contribution < 1.29 is 0 Å². The second-order valence-corrected chi connectivity index (χ2v) is 3.22. The Hall–Kier alpha value is -1.90. The number of aliphatic imine (C=N–C) groups is 2. The highest BCUT2D eigenvalue weighted by molar-refractivity contribution is 6.11. The van der Waals surface area contributed by atoms with E-state index in [0.717, 1.165) is 23.6 Å². The van der Waals surface area contributed by atoms with Crippen LogP contribution in [0.1, 0.15) is 5.56 Å². The van der Waals surface area contributed by atoms with E-state index in [4.69, 9.17) is 0 Å². The van der Waals surface area contributed by atoms with Crippen molar-refractivity contribution in [2.45, 2.75) is 0 Å². The zero-order chi connectivity index (χ0) is 9.38. The minimum atomic E-state index is 0.758.